The lowest BCUT2D eigenvalue weighted by atomic mass is 9.97. The molecule has 1 N–H and O–H groups in total. The smallest absolute Gasteiger partial charge is 0.331 e. The van der Waals surface area contributed by atoms with Gasteiger partial charge in [0.05, 0.1) is 6.04 Å². The van der Waals surface area contributed by atoms with E-state index in [9.17, 15) is 14.4 Å². The summed E-state index contributed by atoms with van der Waals surface area (Å²) in [5.41, 5.74) is -0.614. The van der Waals surface area contributed by atoms with Crippen molar-refractivity contribution in [1.29, 1.82) is 5.26 Å². The molecule has 2 aromatic rings. The second kappa shape index (κ2) is 8.30. The number of nitriles is 1. The molecule has 136 valence electrons. The highest BCUT2D eigenvalue weighted by Gasteiger charge is 2.18. The van der Waals surface area contributed by atoms with Crippen molar-refractivity contribution < 1.29 is 4.79 Å². The second-order valence-electron chi connectivity index (χ2n) is 6.60. The number of nitrogens with one attached hydrogen (secondary N) is 1. The maximum absolute atomic E-state index is 12.5. The number of hydrogen-bond acceptors (Lipinski definition) is 4. The number of carbonyl (C=O) groups is 1. The van der Waals surface area contributed by atoms with Crippen LogP contribution in [0.15, 0.2) is 46.1 Å². The highest BCUT2D eigenvalue weighted by molar-refractivity contribution is 5.76. The Morgan fingerprint density at radius 1 is 1.23 bits per heavy atom. The van der Waals surface area contributed by atoms with E-state index in [2.05, 4.69) is 19.2 Å². The Labute approximate surface area is 151 Å². The lowest BCUT2D eigenvalue weighted by molar-refractivity contribution is -0.122. The van der Waals surface area contributed by atoms with E-state index in [4.69, 9.17) is 5.26 Å². The Bertz CT molecular complexity index is 936. The van der Waals surface area contributed by atoms with Crippen LogP contribution >= 0.6 is 0 Å². The average molecular weight is 354 g/mol. The number of hydrogen-bond donors (Lipinski definition) is 1. The van der Waals surface area contributed by atoms with Gasteiger partial charge in [0.15, 0.2) is 0 Å². The molecule has 0 fully saturated rings. The third kappa shape index (κ3) is 4.48. The van der Waals surface area contributed by atoms with E-state index in [1.54, 1.807) is 6.07 Å². The van der Waals surface area contributed by atoms with E-state index < -0.39 is 23.7 Å². The molecule has 2 rings (SSSR count). The molecule has 0 aliphatic heterocycles. The zero-order valence-corrected chi connectivity index (χ0v) is 15.1. The van der Waals surface area contributed by atoms with Gasteiger partial charge in [-0.2, -0.15) is 5.26 Å². The van der Waals surface area contributed by atoms with Crippen LogP contribution in [0.1, 0.15) is 37.4 Å². The minimum Gasteiger partial charge on any atom is -0.348 e. The van der Waals surface area contributed by atoms with E-state index in [0.29, 0.717) is 5.92 Å². The molecule has 1 aromatic heterocycles. The quantitative estimate of drug-likeness (QED) is 0.846. The monoisotopic (exact) mass is 354 g/mol. The Hall–Kier alpha value is -3.14. The fraction of sp³-hybridized carbons (Fsp3) is 0.368. The van der Waals surface area contributed by atoms with Crippen LogP contribution < -0.4 is 16.6 Å². The van der Waals surface area contributed by atoms with Crippen molar-refractivity contribution in [3.05, 3.63) is 68.5 Å². The summed E-state index contributed by atoms with van der Waals surface area (Å²) in [5.74, 6) is -0.105. The van der Waals surface area contributed by atoms with Crippen LogP contribution in [0.2, 0.25) is 0 Å². The van der Waals surface area contributed by atoms with Crippen molar-refractivity contribution in [1.82, 2.24) is 14.5 Å². The summed E-state index contributed by atoms with van der Waals surface area (Å²) in [4.78, 5) is 36.8. The standard InChI is InChI=1S/C19H22N4O3/c1-13(2)9-16(14-7-5-4-6-8-14)21-17(24)12-23-18(25)15(10-20)11-22(3)19(23)26/h4-8,11,13,16H,9,12H2,1-3H3,(H,21,24)/t16-/m0/s1. The largest absolute Gasteiger partial charge is 0.348 e. The van der Waals surface area contributed by atoms with Crippen LogP contribution in [-0.2, 0) is 18.4 Å². The fourth-order valence-corrected chi connectivity index (χ4v) is 2.76. The molecule has 0 saturated carbocycles. The first kappa shape index (κ1) is 19.2. The molecule has 1 aromatic carbocycles. The van der Waals surface area contributed by atoms with Crippen LogP contribution in [0.5, 0.6) is 0 Å². The predicted octanol–water partition coefficient (Wildman–Crippen LogP) is 1.32. The van der Waals surface area contributed by atoms with Crippen LogP contribution in [0, 0.1) is 17.2 Å². The van der Waals surface area contributed by atoms with Crippen LogP contribution in [0.3, 0.4) is 0 Å². The number of rotatable bonds is 6. The van der Waals surface area contributed by atoms with E-state index in [1.807, 2.05) is 30.3 Å². The van der Waals surface area contributed by atoms with E-state index in [-0.39, 0.29) is 11.6 Å². The summed E-state index contributed by atoms with van der Waals surface area (Å²) in [7, 11) is 1.43. The molecule has 1 amide bonds. The summed E-state index contributed by atoms with van der Waals surface area (Å²) >= 11 is 0. The summed E-state index contributed by atoms with van der Waals surface area (Å²) in [6.07, 6.45) is 1.89. The Kier molecular flexibility index (Phi) is 6.12. The third-order valence-electron chi connectivity index (χ3n) is 4.00. The number of aryl methyl sites for hydroxylation is 1. The van der Waals surface area contributed by atoms with Gasteiger partial charge in [0.2, 0.25) is 5.91 Å². The molecule has 0 bridgehead atoms. The molecule has 7 heteroatoms. The molecule has 0 radical (unpaired) electrons. The molecule has 0 spiro atoms. The predicted molar refractivity (Wildman–Crippen MR) is 97.4 cm³/mol. The number of amides is 1. The highest BCUT2D eigenvalue weighted by Crippen LogP contribution is 2.20. The van der Waals surface area contributed by atoms with Crippen molar-refractivity contribution in [2.45, 2.75) is 32.9 Å². The van der Waals surface area contributed by atoms with E-state index >= 15 is 0 Å². The lowest BCUT2D eigenvalue weighted by Crippen LogP contribution is -2.44. The minimum atomic E-state index is -0.758. The Morgan fingerprint density at radius 3 is 2.46 bits per heavy atom. The van der Waals surface area contributed by atoms with Crippen molar-refractivity contribution in [3.63, 3.8) is 0 Å². The minimum absolute atomic E-state index is 0.179. The van der Waals surface area contributed by atoms with Crippen molar-refractivity contribution in [2.75, 3.05) is 0 Å². The molecule has 0 aliphatic rings. The fourth-order valence-electron chi connectivity index (χ4n) is 2.76. The number of aromatic nitrogens is 2. The van der Waals surface area contributed by atoms with Gasteiger partial charge >= 0.3 is 5.69 Å². The van der Waals surface area contributed by atoms with Crippen LogP contribution in [0.25, 0.3) is 0 Å². The number of benzene rings is 1. The van der Waals surface area contributed by atoms with Crippen LogP contribution in [0.4, 0.5) is 0 Å². The first-order valence-electron chi connectivity index (χ1n) is 8.38. The third-order valence-corrected chi connectivity index (χ3v) is 4.00. The van der Waals surface area contributed by atoms with Gasteiger partial charge in [-0.3, -0.25) is 9.59 Å². The molecular weight excluding hydrogens is 332 g/mol. The maximum Gasteiger partial charge on any atom is 0.331 e. The average Bonchev–Trinajstić information content (AvgIpc) is 2.61. The van der Waals surface area contributed by atoms with E-state index in [1.165, 1.54) is 13.2 Å². The zero-order valence-electron chi connectivity index (χ0n) is 15.1. The molecule has 0 aliphatic carbocycles. The highest BCUT2D eigenvalue weighted by atomic mass is 16.2. The summed E-state index contributed by atoms with van der Waals surface area (Å²) in [6.45, 7) is 3.68. The topological polar surface area (TPSA) is 96.9 Å². The second-order valence-corrected chi connectivity index (χ2v) is 6.60. The van der Waals surface area contributed by atoms with Gasteiger partial charge in [-0.15, -0.1) is 0 Å². The maximum atomic E-state index is 12.5. The molecule has 1 heterocycles. The van der Waals surface area contributed by atoms with Crippen LogP contribution in [-0.4, -0.2) is 15.0 Å². The first-order chi connectivity index (χ1) is 12.3. The van der Waals surface area contributed by atoms with Gasteiger partial charge < -0.3 is 9.88 Å². The van der Waals surface area contributed by atoms with Crippen molar-refractivity contribution in [2.24, 2.45) is 13.0 Å². The van der Waals surface area contributed by atoms with Gasteiger partial charge in [0.25, 0.3) is 5.56 Å². The molecule has 0 saturated heterocycles. The van der Waals surface area contributed by atoms with Crippen molar-refractivity contribution in [3.8, 4) is 6.07 Å². The summed E-state index contributed by atoms with van der Waals surface area (Å²) < 4.78 is 1.90. The Morgan fingerprint density at radius 2 is 1.88 bits per heavy atom. The lowest BCUT2D eigenvalue weighted by Gasteiger charge is -2.21. The van der Waals surface area contributed by atoms with Gasteiger partial charge in [-0.1, -0.05) is 44.2 Å². The number of nitrogens with zero attached hydrogens (tertiary/aromatic N) is 3. The van der Waals surface area contributed by atoms with Gasteiger partial charge in [-0.25, -0.2) is 9.36 Å². The SMILES string of the molecule is CC(C)C[C@H](NC(=O)Cn1c(=O)c(C#N)cn(C)c1=O)c1ccccc1. The summed E-state index contributed by atoms with van der Waals surface area (Å²) in [5, 5.41) is 11.9. The molecular formula is C19H22N4O3. The normalized spacial score (nSPS) is 11.8. The molecule has 0 unspecified atom stereocenters. The number of carbonyl (C=O) groups excluding carboxylic acids is 1. The zero-order chi connectivity index (χ0) is 19.3. The van der Waals surface area contributed by atoms with Gasteiger partial charge in [0.1, 0.15) is 18.2 Å². The van der Waals surface area contributed by atoms with E-state index in [0.717, 1.165) is 21.1 Å². The molecule has 7 nitrogen and oxygen atoms in total. The molecule has 1 atom stereocenters. The van der Waals surface area contributed by atoms with Crippen molar-refractivity contribution >= 4 is 5.91 Å². The van der Waals surface area contributed by atoms with Gasteiger partial charge in [0, 0.05) is 13.2 Å². The first-order valence-corrected chi connectivity index (χ1v) is 8.38. The Balaban J connectivity index is 2.27. The molecule has 26 heavy (non-hydrogen) atoms. The summed E-state index contributed by atoms with van der Waals surface area (Å²) in [6, 6.07) is 11.1. The van der Waals surface area contributed by atoms with Gasteiger partial charge in [-0.05, 0) is 17.9 Å².